The Morgan fingerprint density at radius 1 is 1.27 bits per heavy atom. The molecule has 0 atom stereocenters. The fraction of sp³-hybridized carbons (Fsp3) is 0.500. The molecule has 0 aliphatic carbocycles. The van der Waals surface area contributed by atoms with Crippen molar-refractivity contribution in [2.24, 2.45) is 0 Å². The van der Waals surface area contributed by atoms with Crippen LogP contribution < -0.4 is 11.1 Å². The zero-order valence-electron chi connectivity index (χ0n) is 9.46. The Bertz CT molecular complexity index is 300. The van der Waals surface area contributed by atoms with Gasteiger partial charge in [0.15, 0.2) is 0 Å². The maximum absolute atomic E-state index is 9.43. The van der Waals surface area contributed by atoms with E-state index in [9.17, 15) is 5.11 Å². The zero-order chi connectivity index (χ0) is 11.3. The highest BCUT2D eigenvalue weighted by Gasteiger charge is 2.25. The van der Waals surface area contributed by atoms with Gasteiger partial charge in [-0.1, -0.05) is 26.0 Å². The van der Waals surface area contributed by atoms with Gasteiger partial charge in [0, 0.05) is 0 Å². The van der Waals surface area contributed by atoms with Crippen molar-refractivity contribution in [3.05, 3.63) is 24.3 Å². The molecule has 0 unspecified atom stereocenters. The summed E-state index contributed by atoms with van der Waals surface area (Å²) in [6, 6.07) is 7.63. The Hall–Kier alpha value is -1.22. The Balaban J connectivity index is 2.88. The highest BCUT2D eigenvalue weighted by atomic mass is 16.3. The van der Waals surface area contributed by atoms with Crippen LogP contribution in [-0.2, 0) is 0 Å². The lowest BCUT2D eigenvalue weighted by atomic mass is 9.93. The summed E-state index contributed by atoms with van der Waals surface area (Å²) in [6.07, 6.45) is 1.74. The van der Waals surface area contributed by atoms with Crippen molar-refractivity contribution >= 4 is 11.4 Å². The first-order valence-electron chi connectivity index (χ1n) is 5.41. The van der Waals surface area contributed by atoms with Crippen LogP contribution in [0.3, 0.4) is 0 Å². The minimum absolute atomic E-state index is 0.119. The van der Waals surface area contributed by atoms with Crippen molar-refractivity contribution in [2.75, 3.05) is 17.7 Å². The van der Waals surface area contributed by atoms with Gasteiger partial charge in [-0.2, -0.15) is 0 Å². The predicted octanol–water partition coefficient (Wildman–Crippen LogP) is 2.23. The molecule has 0 bridgehead atoms. The smallest absolute Gasteiger partial charge is 0.0661 e. The van der Waals surface area contributed by atoms with Gasteiger partial charge in [-0.3, -0.25) is 0 Å². The Kier molecular flexibility index (Phi) is 3.97. The summed E-state index contributed by atoms with van der Waals surface area (Å²) in [5.74, 6) is 0. The lowest BCUT2D eigenvalue weighted by molar-refractivity contribution is 0.202. The van der Waals surface area contributed by atoms with E-state index in [0.717, 1.165) is 24.2 Å². The van der Waals surface area contributed by atoms with Crippen molar-refractivity contribution in [1.29, 1.82) is 0 Å². The second-order valence-electron chi connectivity index (χ2n) is 3.86. The molecule has 84 valence electrons. The van der Waals surface area contributed by atoms with Crippen LogP contribution in [0.25, 0.3) is 0 Å². The summed E-state index contributed by atoms with van der Waals surface area (Å²) in [6.45, 7) is 4.24. The topological polar surface area (TPSA) is 58.3 Å². The standard InChI is InChI=1S/C12H20N2O/c1-3-12(4-2,9-15)14-11-8-6-5-7-10(11)13/h5-8,14-15H,3-4,9,13H2,1-2H3. The summed E-state index contributed by atoms with van der Waals surface area (Å²) in [5.41, 5.74) is 7.21. The number of aliphatic hydroxyl groups is 1. The first-order valence-corrected chi connectivity index (χ1v) is 5.41. The Morgan fingerprint density at radius 2 is 1.87 bits per heavy atom. The molecule has 1 aromatic carbocycles. The second-order valence-corrected chi connectivity index (χ2v) is 3.86. The highest BCUT2D eigenvalue weighted by Crippen LogP contribution is 2.25. The summed E-state index contributed by atoms with van der Waals surface area (Å²) in [4.78, 5) is 0. The molecule has 0 radical (unpaired) electrons. The molecule has 1 aromatic rings. The number of hydrogen-bond donors (Lipinski definition) is 3. The molecular weight excluding hydrogens is 188 g/mol. The van der Waals surface area contributed by atoms with Gasteiger partial charge in [-0.15, -0.1) is 0 Å². The van der Waals surface area contributed by atoms with E-state index < -0.39 is 0 Å². The minimum Gasteiger partial charge on any atom is -0.397 e. The lowest BCUT2D eigenvalue weighted by Crippen LogP contribution is -2.41. The molecule has 0 amide bonds. The summed E-state index contributed by atoms with van der Waals surface area (Å²) in [5, 5.41) is 12.8. The second kappa shape index (κ2) is 5.03. The third-order valence-corrected chi connectivity index (χ3v) is 3.02. The molecule has 3 heteroatoms. The SMILES string of the molecule is CCC(CC)(CO)Nc1ccccc1N. The van der Waals surface area contributed by atoms with Crippen molar-refractivity contribution in [2.45, 2.75) is 32.2 Å². The number of nitrogens with one attached hydrogen (secondary N) is 1. The molecule has 0 aliphatic rings. The quantitative estimate of drug-likeness (QED) is 0.650. The first-order chi connectivity index (χ1) is 7.17. The Morgan fingerprint density at radius 3 is 2.33 bits per heavy atom. The van der Waals surface area contributed by atoms with Gasteiger partial charge in [0.25, 0.3) is 0 Å². The van der Waals surface area contributed by atoms with Crippen LogP contribution in [0.2, 0.25) is 0 Å². The van der Waals surface area contributed by atoms with E-state index in [1.54, 1.807) is 0 Å². The van der Waals surface area contributed by atoms with E-state index in [4.69, 9.17) is 5.73 Å². The van der Waals surface area contributed by atoms with E-state index in [-0.39, 0.29) is 12.1 Å². The number of nitrogen functional groups attached to an aromatic ring is 1. The number of hydrogen-bond acceptors (Lipinski definition) is 3. The van der Waals surface area contributed by atoms with Gasteiger partial charge in [0.05, 0.1) is 23.5 Å². The predicted molar refractivity (Wildman–Crippen MR) is 64.9 cm³/mol. The average Bonchev–Trinajstić information content (AvgIpc) is 2.29. The number of benzene rings is 1. The molecule has 0 spiro atoms. The number of aliphatic hydroxyl groups excluding tert-OH is 1. The molecule has 3 nitrogen and oxygen atoms in total. The van der Waals surface area contributed by atoms with Gasteiger partial charge >= 0.3 is 0 Å². The molecule has 0 fully saturated rings. The maximum atomic E-state index is 9.43. The van der Waals surface area contributed by atoms with E-state index in [1.165, 1.54) is 0 Å². The number of para-hydroxylation sites is 2. The van der Waals surface area contributed by atoms with Gasteiger partial charge < -0.3 is 16.2 Å². The van der Waals surface area contributed by atoms with Crippen LogP contribution in [0, 0.1) is 0 Å². The molecule has 0 heterocycles. The van der Waals surface area contributed by atoms with E-state index >= 15 is 0 Å². The zero-order valence-corrected chi connectivity index (χ0v) is 9.46. The molecule has 0 saturated heterocycles. The van der Waals surface area contributed by atoms with Crippen molar-refractivity contribution in [1.82, 2.24) is 0 Å². The van der Waals surface area contributed by atoms with Crippen LogP contribution in [0.15, 0.2) is 24.3 Å². The molecule has 0 saturated carbocycles. The minimum atomic E-state index is -0.254. The number of nitrogens with two attached hydrogens (primary N) is 1. The Labute approximate surface area is 91.3 Å². The molecular formula is C12H20N2O. The molecule has 1 rings (SSSR count). The van der Waals surface area contributed by atoms with Gasteiger partial charge in [0.1, 0.15) is 0 Å². The maximum Gasteiger partial charge on any atom is 0.0661 e. The lowest BCUT2D eigenvalue weighted by Gasteiger charge is -2.32. The van der Waals surface area contributed by atoms with Gasteiger partial charge in [-0.25, -0.2) is 0 Å². The van der Waals surface area contributed by atoms with Crippen molar-refractivity contribution in [3.63, 3.8) is 0 Å². The van der Waals surface area contributed by atoms with Crippen LogP contribution in [0.5, 0.6) is 0 Å². The fourth-order valence-corrected chi connectivity index (χ4v) is 1.59. The fourth-order valence-electron chi connectivity index (χ4n) is 1.59. The summed E-state index contributed by atoms with van der Waals surface area (Å²) in [7, 11) is 0. The van der Waals surface area contributed by atoms with Crippen LogP contribution in [0.1, 0.15) is 26.7 Å². The molecule has 0 aliphatic heterocycles. The van der Waals surface area contributed by atoms with Crippen LogP contribution in [-0.4, -0.2) is 17.3 Å². The summed E-state index contributed by atoms with van der Waals surface area (Å²) >= 11 is 0. The van der Waals surface area contributed by atoms with Crippen molar-refractivity contribution < 1.29 is 5.11 Å². The van der Waals surface area contributed by atoms with E-state index in [1.807, 2.05) is 24.3 Å². The normalized spacial score (nSPS) is 11.4. The summed E-state index contributed by atoms with van der Waals surface area (Å²) < 4.78 is 0. The van der Waals surface area contributed by atoms with Crippen LogP contribution in [0.4, 0.5) is 11.4 Å². The first kappa shape index (κ1) is 11.9. The van der Waals surface area contributed by atoms with Crippen LogP contribution >= 0.6 is 0 Å². The third kappa shape index (κ3) is 2.63. The van der Waals surface area contributed by atoms with E-state index in [0.29, 0.717) is 0 Å². The molecule has 15 heavy (non-hydrogen) atoms. The highest BCUT2D eigenvalue weighted by molar-refractivity contribution is 5.66. The van der Waals surface area contributed by atoms with Gasteiger partial charge in [-0.05, 0) is 25.0 Å². The monoisotopic (exact) mass is 208 g/mol. The number of rotatable bonds is 5. The van der Waals surface area contributed by atoms with Crippen molar-refractivity contribution in [3.8, 4) is 0 Å². The molecule has 4 N–H and O–H groups in total. The average molecular weight is 208 g/mol. The largest absolute Gasteiger partial charge is 0.397 e. The third-order valence-electron chi connectivity index (χ3n) is 3.02. The van der Waals surface area contributed by atoms with E-state index in [2.05, 4.69) is 19.2 Å². The molecule has 0 aromatic heterocycles. The van der Waals surface area contributed by atoms with Gasteiger partial charge in [0.2, 0.25) is 0 Å². The number of anilines is 2.